The van der Waals surface area contributed by atoms with Gasteiger partial charge in [-0.05, 0) is 6.92 Å². The summed E-state index contributed by atoms with van der Waals surface area (Å²) in [6, 6.07) is 1.80. The Kier molecular flexibility index (Phi) is 3.17. The largest absolute Gasteiger partial charge is 0.394 e. The summed E-state index contributed by atoms with van der Waals surface area (Å²) >= 11 is 0. The maximum Gasteiger partial charge on any atom is 0.158 e. The van der Waals surface area contributed by atoms with Gasteiger partial charge < -0.3 is 10.4 Å². The van der Waals surface area contributed by atoms with Crippen molar-refractivity contribution in [3.8, 4) is 6.07 Å². The zero-order chi connectivity index (χ0) is 9.68. The molecule has 0 spiro atoms. The zero-order valence-corrected chi connectivity index (χ0v) is 7.23. The highest BCUT2D eigenvalue weighted by molar-refractivity contribution is 5.33. The average molecular weight is 178 g/mol. The lowest BCUT2D eigenvalue weighted by Crippen LogP contribution is -2.20. The van der Waals surface area contributed by atoms with Crippen molar-refractivity contribution in [1.29, 1.82) is 5.26 Å². The van der Waals surface area contributed by atoms with Crippen LogP contribution in [0.1, 0.15) is 12.6 Å². The SMILES string of the molecule is CC(CO)Nc1cnc(C#N)cn1. The second kappa shape index (κ2) is 4.38. The molecule has 0 bridgehead atoms. The van der Waals surface area contributed by atoms with E-state index in [-0.39, 0.29) is 18.3 Å². The number of hydrogen-bond acceptors (Lipinski definition) is 5. The first-order chi connectivity index (χ1) is 6.26. The zero-order valence-electron chi connectivity index (χ0n) is 7.23. The molecule has 68 valence electrons. The molecule has 1 rings (SSSR count). The minimum Gasteiger partial charge on any atom is -0.394 e. The molecule has 13 heavy (non-hydrogen) atoms. The van der Waals surface area contributed by atoms with Gasteiger partial charge in [-0.25, -0.2) is 9.97 Å². The Bertz CT molecular complexity index is 303. The second-order valence-corrected chi connectivity index (χ2v) is 2.63. The molecule has 0 aliphatic heterocycles. The fourth-order valence-electron chi connectivity index (χ4n) is 0.758. The van der Waals surface area contributed by atoms with Gasteiger partial charge in [0.15, 0.2) is 5.69 Å². The number of aliphatic hydroxyl groups excluding tert-OH is 1. The Morgan fingerprint density at radius 1 is 1.62 bits per heavy atom. The summed E-state index contributed by atoms with van der Waals surface area (Å²) in [4.78, 5) is 7.75. The molecule has 2 N–H and O–H groups in total. The van der Waals surface area contributed by atoms with Gasteiger partial charge in [-0.1, -0.05) is 0 Å². The molecule has 0 aliphatic carbocycles. The molecule has 1 aromatic rings. The van der Waals surface area contributed by atoms with E-state index in [0.29, 0.717) is 5.82 Å². The molecule has 1 unspecified atom stereocenters. The van der Waals surface area contributed by atoms with E-state index in [9.17, 15) is 0 Å². The van der Waals surface area contributed by atoms with Crippen LogP contribution in [0.5, 0.6) is 0 Å². The summed E-state index contributed by atoms with van der Waals surface area (Å²) in [5.74, 6) is 0.556. The third-order valence-corrected chi connectivity index (χ3v) is 1.43. The third-order valence-electron chi connectivity index (χ3n) is 1.43. The number of rotatable bonds is 3. The molecule has 0 aromatic carbocycles. The van der Waals surface area contributed by atoms with E-state index in [2.05, 4.69) is 15.3 Å². The van der Waals surface area contributed by atoms with Crippen molar-refractivity contribution in [1.82, 2.24) is 9.97 Å². The fourth-order valence-corrected chi connectivity index (χ4v) is 0.758. The summed E-state index contributed by atoms with van der Waals surface area (Å²) in [6.45, 7) is 1.85. The van der Waals surface area contributed by atoms with Crippen molar-refractivity contribution in [2.45, 2.75) is 13.0 Å². The lowest BCUT2D eigenvalue weighted by Gasteiger charge is -2.09. The Balaban J connectivity index is 2.65. The van der Waals surface area contributed by atoms with Gasteiger partial charge in [0.25, 0.3) is 0 Å². The van der Waals surface area contributed by atoms with Crippen LogP contribution >= 0.6 is 0 Å². The van der Waals surface area contributed by atoms with Gasteiger partial charge >= 0.3 is 0 Å². The standard InChI is InChI=1S/C8H10N4O/c1-6(5-13)12-8-4-10-7(2-9)3-11-8/h3-4,6,13H,5H2,1H3,(H,11,12). The van der Waals surface area contributed by atoms with Crippen LogP contribution in [0.25, 0.3) is 0 Å². The van der Waals surface area contributed by atoms with Crippen LogP contribution in [0, 0.1) is 11.3 Å². The van der Waals surface area contributed by atoms with Crippen LogP contribution in [-0.4, -0.2) is 27.7 Å². The van der Waals surface area contributed by atoms with E-state index < -0.39 is 0 Å². The summed E-state index contributed by atoms with van der Waals surface area (Å²) in [7, 11) is 0. The monoisotopic (exact) mass is 178 g/mol. The maximum absolute atomic E-state index is 8.73. The number of hydrogen-bond donors (Lipinski definition) is 2. The van der Waals surface area contributed by atoms with E-state index in [1.165, 1.54) is 12.4 Å². The highest BCUT2D eigenvalue weighted by atomic mass is 16.3. The van der Waals surface area contributed by atoms with E-state index in [4.69, 9.17) is 10.4 Å². The van der Waals surface area contributed by atoms with Crippen LogP contribution in [0.3, 0.4) is 0 Å². The van der Waals surface area contributed by atoms with E-state index in [0.717, 1.165) is 0 Å². The number of nitrogens with one attached hydrogen (secondary N) is 1. The van der Waals surface area contributed by atoms with Gasteiger partial charge in [0, 0.05) is 6.04 Å². The predicted molar refractivity (Wildman–Crippen MR) is 46.9 cm³/mol. The Labute approximate surface area is 76.1 Å². The highest BCUT2D eigenvalue weighted by Gasteiger charge is 2.00. The van der Waals surface area contributed by atoms with Crippen LogP contribution < -0.4 is 5.32 Å². The summed E-state index contributed by atoms with van der Waals surface area (Å²) < 4.78 is 0. The van der Waals surface area contributed by atoms with Crippen molar-refractivity contribution in [2.75, 3.05) is 11.9 Å². The summed E-state index contributed by atoms with van der Waals surface area (Å²) in [5, 5.41) is 20.1. The van der Waals surface area contributed by atoms with Crippen LogP contribution in [-0.2, 0) is 0 Å². The normalized spacial score (nSPS) is 11.8. The van der Waals surface area contributed by atoms with E-state index >= 15 is 0 Å². The Hall–Kier alpha value is -1.67. The maximum atomic E-state index is 8.73. The van der Waals surface area contributed by atoms with Crippen molar-refractivity contribution >= 4 is 5.82 Å². The molecule has 0 aliphatic rings. The molecule has 1 atom stereocenters. The molecule has 0 saturated heterocycles. The minimum atomic E-state index is -0.0674. The van der Waals surface area contributed by atoms with Gasteiger partial charge in [0.1, 0.15) is 11.9 Å². The van der Waals surface area contributed by atoms with Crippen molar-refractivity contribution in [3.05, 3.63) is 18.1 Å². The number of aromatic nitrogens is 2. The topological polar surface area (TPSA) is 81.8 Å². The van der Waals surface area contributed by atoms with Crippen LogP contribution in [0.2, 0.25) is 0 Å². The van der Waals surface area contributed by atoms with Crippen molar-refractivity contribution in [3.63, 3.8) is 0 Å². The molecule has 5 heteroatoms. The Morgan fingerprint density at radius 2 is 2.38 bits per heavy atom. The van der Waals surface area contributed by atoms with Crippen molar-refractivity contribution in [2.24, 2.45) is 0 Å². The van der Waals surface area contributed by atoms with E-state index in [1.54, 1.807) is 0 Å². The number of aliphatic hydroxyl groups is 1. The Morgan fingerprint density at radius 3 is 2.85 bits per heavy atom. The molecule has 0 fully saturated rings. The molecule has 0 radical (unpaired) electrons. The number of anilines is 1. The molecular formula is C8H10N4O. The van der Waals surface area contributed by atoms with Gasteiger partial charge in [-0.2, -0.15) is 5.26 Å². The molecule has 0 saturated carbocycles. The predicted octanol–water partition coefficient (Wildman–Crippen LogP) is 0.141. The lowest BCUT2D eigenvalue weighted by atomic mass is 10.3. The minimum absolute atomic E-state index is 0.0294. The van der Waals surface area contributed by atoms with Gasteiger partial charge in [0.05, 0.1) is 19.0 Å². The van der Waals surface area contributed by atoms with Gasteiger partial charge in [-0.15, -0.1) is 0 Å². The first-order valence-corrected chi connectivity index (χ1v) is 3.86. The first kappa shape index (κ1) is 9.42. The van der Waals surface area contributed by atoms with Gasteiger partial charge in [0.2, 0.25) is 0 Å². The molecule has 5 nitrogen and oxygen atoms in total. The molecule has 1 heterocycles. The van der Waals surface area contributed by atoms with Crippen molar-refractivity contribution < 1.29 is 5.11 Å². The smallest absolute Gasteiger partial charge is 0.158 e. The van der Waals surface area contributed by atoms with Crippen LogP contribution in [0.15, 0.2) is 12.4 Å². The average Bonchev–Trinajstić information content (AvgIpc) is 2.19. The van der Waals surface area contributed by atoms with E-state index in [1.807, 2.05) is 13.0 Å². The molecule has 0 amide bonds. The quantitative estimate of drug-likeness (QED) is 0.688. The molecule has 1 aromatic heterocycles. The van der Waals surface area contributed by atoms with Gasteiger partial charge in [-0.3, -0.25) is 0 Å². The molecular weight excluding hydrogens is 168 g/mol. The summed E-state index contributed by atoms with van der Waals surface area (Å²) in [6.07, 6.45) is 2.84. The number of nitrogens with zero attached hydrogens (tertiary/aromatic N) is 3. The lowest BCUT2D eigenvalue weighted by molar-refractivity contribution is 0.281. The number of nitriles is 1. The first-order valence-electron chi connectivity index (χ1n) is 3.86. The third kappa shape index (κ3) is 2.69. The highest BCUT2D eigenvalue weighted by Crippen LogP contribution is 2.01. The summed E-state index contributed by atoms with van der Waals surface area (Å²) in [5.41, 5.74) is 0.280. The second-order valence-electron chi connectivity index (χ2n) is 2.63. The van der Waals surface area contributed by atoms with Crippen LogP contribution in [0.4, 0.5) is 5.82 Å². The fraction of sp³-hybridized carbons (Fsp3) is 0.375.